The molecule has 0 aliphatic rings. The molecule has 0 heterocycles. The van der Waals surface area contributed by atoms with Crippen molar-refractivity contribution in [1.29, 1.82) is 0 Å². The van der Waals surface area contributed by atoms with Crippen molar-refractivity contribution in [2.45, 2.75) is 20.8 Å². The van der Waals surface area contributed by atoms with Crippen molar-refractivity contribution >= 4 is 11.6 Å². The Morgan fingerprint density at radius 2 is 1.50 bits per heavy atom. The number of carbonyl (C=O) groups is 1. The first kappa shape index (κ1) is 15.9. The summed E-state index contributed by atoms with van der Waals surface area (Å²) < 4.78 is 10.4. The minimum Gasteiger partial charge on any atom is -0.493 e. The molecule has 0 unspecified atom stereocenters. The third-order valence-electron chi connectivity index (χ3n) is 3.55. The summed E-state index contributed by atoms with van der Waals surface area (Å²) in [6.07, 6.45) is 0. The monoisotopic (exact) mass is 299 g/mol. The molecule has 0 spiro atoms. The van der Waals surface area contributed by atoms with Gasteiger partial charge in [-0.15, -0.1) is 0 Å². The van der Waals surface area contributed by atoms with Crippen LogP contribution in [0.25, 0.3) is 0 Å². The molecule has 0 aliphatic heterocycles. The zero-order chi connectivity index (χ0) is 16.3. The number of nitrogens with one attached hydrogen (secondary N) is 1. The van der Waals surface area contributed by atoms with Gasteiger partial charge in [-0.05, 0) is 44.0 Å². The maximum atomic E-state index is 12.5. The third kappa shape index (κ3) is 3.22. The van der Waals surface area contributed by atoms with Crippen LogP contribution in [0.2, 0.25) is 0 Å². The maximum Gasteiger partial charge on any atom is 0.256 e. The van der Waals surface area contributed by atoms with E-state index in [1.807, 2.05) is 32.9 Å². The number of ether oxygens (including phenoxy) is 2. The van der Waals surface area contributed by atoms with E-state index in [2.05, 4.69) is 5.32 Å². The topological polar surface area (TPSA) is 47.6 Å². The molecular weight excluding hydrogens is 278 g/mol. The van der Waals surface area contributed by atoms with Crippen molar-refractivity contribution in [2.75, 3.05) is 19.5 Å². The van der Waals surface area contributed by atoms with E-state index < -0.39 is 0 Å². The summed E-state index contributed by atoms with van der Waals surface area (Å²) in [4.78, 5) is 12.5. The van der Waals surface area contributed by atoms with Crippen LogP contribution in [0.3, 0.4) is 0 Å². The van der Waals surface area contributed by atoms with E-state index in [1.165, 1.54) is 0 Å². The van der Waals surface area contributed by atoms with Crippen molar-refractivity contribution in [3.8, 4) is 11.5 Å². The number of aryl methyl sites for hydroxylation is 3. The van der Waals surface area contributed by atoms with Gasteiger partial charge in [-0.2, -0.15) is 0 Å². The Morgan fingerprint density at radius 3 is 2.05 bits per heavy atom. The van der Waals surface area contributed by atoms with Crippen molar-refractivity contribution < 1.29 is 14.3 Å². The molecule has 0 bridgehead atoms. The van der Waals surface area contributed by atoms with Gasteiger partial charge in [0.1, 0.15) is 0 Å². The van der Waals surface area contributed by atoms with Crippen LogP contribution in [0, 0.1) is 20.8 Å². The number of hydrogen-bond donors (Lipinski definition) is 1. The lowest BCUT2D eigenvalue weighted by molar-refractivity contribution is 0.102. The minimum absolute atomic E-state index is 0.123. The Balaban J connectivity index is 2.30. The van der Waals surface area contributed by atoms with Gasteiger partial charge >= 0.3 is 0 Å². The molecule has 2 aromatic rings. The standard InChI is InChI=1S/C18H21NO3/c1-11-8-12(2)17(13(3)9-11)18(20)19-14-6-7-15(21-4)16(10-14)22-5/h6-10H,1-5H3,(H,19,20). The van der Waals surface area contributed by atoms with E-state index in [-0.39, 0.29) is 5.91 Å². The number of benzene rings is 2. The molecule has 0 saturated carbocycles. The van der Waals surface area contributed by atoms with E-state index in [0.29, 0.717) is 22.7 Å². The molecule has 0 atom stereocenters. The lowest BCUT2D eigenvalue weighted by atomic mass is 9.99. The Morgan fingerprint density at radius 1 is 0.909 bits per heavy atom. The van der Waals surface area contributed by atoms with Crippen LogP contribution in [0.4, 0.5) is 5.69 Å². The minimum atomic E-state index is -0.123. The summed E-state index contributed by atoms with van der Waals surface area (Å²) in [5.41, 5.74) is 4.46. The van der Waals surface area contributed by atoms with Crippen molar-refractivity contribution in [2.24, 2.45) is 0 Å². The van der Waals surface area contributed by atoms with Crippen molar-refractivity contribution in [3.63, 3.8) is 0 Å². The number of hydrogen-bond acceptors (Lipinski definition) is 3. The molecule has 0 aromatic heterocycles. The van der Waals surface area contributed by atoms with Crippen LogP contribution in [-0.2, 0) is 0 Å². The predicted octanol–water partition coefficient (Wildman–Crippen LogP) is 3.88. The summed E-state index contributed by atoms with van der Waals surface area (Å²) in [6, 6.07) is 9.32. The van der Waals surface area contributed by atoms with Gasteiger partial charge in [-0.25, -0.2) is 0 Å². The summed E-state index contributed by atoms with van der Waals surface area (Å²) >= 11 is 0. The fourth-order valence-electron chi connectivity index (χ4n) is 2.65. The second-order valence-electron chi connectivity index (χ2n) is 5.30. The normalized spacial score (nSPS) is 10.2. The molecule has 0 saturated heterocycles. The molecular formula is C18H21NO3. The molecule has 116 valence electrons. The Labute approximate surface area is 131 Å². The van der Waals surface area contributed by atoms with Gasteiger partial charge in [-0.1, -0.05) is 17.7 Å². The molecule has 22 heavy (non-hydrogen) atoms. The lowest BCUT2D eigenvalue weighted by Gasteiger charge is -2.13. The zero-order valence-corrected chi connectivity index (χ0v) is 13.6. The fourth-order valence-corrected chi connectivity index (χ4v) is 2.65. The number of methoxy groups -OCH3 is 2. The number of amides is 1. The molecule has 0 radical (unpaired) electrons. The smallest absolute Gasteiger partial charge is 0.256 e. The Bertz CT molecular complexity index is 684. The van der Waals surface area contributed by atoms with E-state index in [1.54, 1.807) is 32.4 Å². The van der Waals surface area contributed by atoms with Crippen LogP contribution in [0.15, 0.2) is 30.3 Å². The summed E-state index contributed by atoms with van der Waals surface area (Å²) in [5.74, 6) is 1.09. The van der Waals surface area contributed by atoms with Crippen LogP contribution >= 0.6 is 0 Å². The van der Waals surface area contributed by atoms with Crippen molar-refractivity contribution in [3.05, 3.63) is 52.6 Å². The van der Waals surface area contributed by atoms with Gasteiger partial charge in [0.15, 0.2) is 11.5 Å². The fraction of sp³-hybridized carbons (Fsp3) is 0.278. The highest BCUT2D eigenvalue weighted by atomic mass is 16.5. The lowest BCUT2D eigenvalue weighted by Crippen LogP contribution is -2.15. The maximum absolute atomic E-state index is 12.5. The molecule has 1 amide bonds. The van der Waals surface area contributed by atoms with Crippen LogP contribution < -0.4 is 14.8 Å². The first-order valence-electron chi connectivity index (χ1n) is 7.07. The van der Waals surface area contributed by atoms with Gasteiger partial charge in [0.05, 0.1) is 14.2 Å². The molecule has 2 aromatic carbocycles. The number of anilines is 1. The van der Waals surface area contributed by atoms with Crippen molar-refractivity contribution in [1.82, 2.24) is 0 Å². The van der Waals surface area contributed by atoms with Gasteiger partial charge in [0.25, 0.3) is 5.91 Å². The number of carbonyl (C=O) groups excluding carboxylic acids is 1. The molecule has 0 aliphatic carbocycles. The zero-order valence-electron chi connectivity index (χ0n) is 13.6. The van der Waals surface area contributed by atoms with Gasteiger partial charge in [0, 0.05) is 17.3 Å². The van der Waals surface area contributed by atoms with Crippen LogP contribution in [-0.4, -0.2) is 20.1 Å². The average molecular weight is 299 g/mol. The Hall–Kier alpha value is -2.49. The molecule has 4 heteroatoms. The quantitative estimate of drug-likeness (QED) is 0.932. The van der Waals surface area contributed by atoms with E-state index in [4.69, 9.17) is 9.47 Å². The van der Waals surface area contributed by atoms with Crippen LogP contribution in [0.5, 0.6) is 11.5 Å². The molecule has 4 nitrogen and oxygen atoms in total. The van der Waals surface area contributed by atoms with Gasteiger partial charge in [-0.3, -0.25) is 4.79 Å². The van der Waals surface area contributed by atoms with Gasteiger partial charge in [0.2, 0.25) is 0 Å². The van der Waals surface area contributed by atoms with Crippen LogP contribution in [0.1, 0.15) is 27.0 Å². The predicted molar refractivity (Wildman–Crippen MR) is 88.2 cm³/mol. The summed E-state index contributed by atoms with van der Waals surface area (Å²) in [7, 11) is 3.15. The second-order valence-corrected chi connectivity index (χ2v) is 5.30. The summed E-state index contributed by atoms with van der Waals surface area (Å²) in [6.45, 7) is 5.92. The highest BCUT2D eigenvalue weighted by Gasteiger charge is 2.14. The Kier molecular flexibility index (Phi) is 4.71. The van der Waals surface area contributed by atoms with Gasteiger partial charge < -0.3 is 14.8 Å². The first-order valence-corrected chi connectivity index (χ1v) is 7.07. The first-order chi connectivity index (χ1) is 10.5. The number of rotatable bonds is 4. The second kappa shape index (κ2) is 6.52. The van der Waals surface area contributed by atoms with E-state index in [0.717, 1.165) is 16.7 Å². The molecule has 2 rings (SSSR count). The summed E-state index contributed by atoms with van der Waals surface area (Å²) in [5, 5.41) is 2.91. The van der Waals surface area contributed by atoms with E-state index in [9.17, 15) is 4.79 Å². The third-order valence-corrected chi connectivity index (χ3v) is 3.55. The highest BCUT2D eigenvalue weighted by Crippen LogP contribution is 2.30. The largest absolute Gasteiger partial charge is 0.493 e. The highest BCUT2D eigenvalue weighted by molar-refractivity contribution is 6.06. The average Bonchev–Trinajstić information content (AvgIpc) is 2.45. The SMILES string of the molecule is COc1ccc(NC(=O)c2c(C)cc(C)cc2C)cc1OC. The molecule has 0 fully saturated rings. The molecule has 1 N–H and O–H groups in total. The van der Waals surface area contributed by atoms with E-state index >= 15 is 0 Å².